The van der Waals surface area contributed by atoms with E-state index in [1.165, 1.54) is 25.7 Å². The quantitative estimate of drug-likeness (QED) is 0.508. The highest BCUT2D eigenvalue weighted by Gasteiger charge is 2.56. The Morgan fingerprint density at radius 2 is 0.950 bits per heavy atom. The van der Waals surface area contributed by atoms with Crippen molar-refractivity contribution >= 4 is 0 Å². The second kappa shape index (κ2) is 4.50. The van der Waals surface area contributed by atoms with E-state index < -0.39 is 0 Å². The molecule has 3 aliphatic rings. The molecule has 116 valence electrons. The minimum atomic E-state index is 0.583. The zero-order valence-electron chi connectivity index (χ0n) is 14.9. The van der Waals surface area contributed by atoms with E-state index in [1.807, 2.05) is 0 Å². The zero-order chi connectivity index (χ0) is 14.9. The Balaban J connectivity index is 1.92. The molecule has 3 rings (SSSR count). The normalized spacial score (nSPS) is 53.2. The first-order valence-electron chi connectivity index (χ1n) is 9.15. The minimum absolute atomic E-state index is 0.583. The summed E-state index contributed by atoms with van der Waals surface area (Å²) in [6.45, 7) is 17.9. The second-order valence-corrected chi connectivity index (χ2v) is 10.1. The van der Waals surface area contributed by atoms with Gasteiger partial charge in [0.25, 0.3) is 0 Å². The summed E-state index contributed by atoms with van der Waals surface area (Å²) in [5.41, 5.74) is 1.17. The molecule has 0 heteroatoms. The fraction of sp³-hybridized carbons (Fsp3) is 1.00. The number of fused-ring (bicyclic) bond motifs is 2. The highest BCUT2D eigenvalue weighted by atomic mass is 14.6. The highest BCUT2D eigenvalue weighted by molar-refractivity contribution is 5.05. The summed E-state index contributed by atoms with van der Waals surface area (Å²) < 4.78 is 0. The van der Waals surface area contributed by atoms with E-state index in [2.05, 4.69) is 48.5 Å². The SMILES string of the molecule is CC1C(C)C2CC3C(CC2C1C)C(C)(C)CCC3(C)C. The first-order valence-corrected chi connectivity index (χ1v) is 9.15. The van der Waals surface area contributed by atoms with Crippen LogP contribution in [0.5, 0.6) is 0 Å². The Morgan fingerprint density at radius 3 is 1.30 bits per heavy atom. The zero-order valence-corrected chi connectivity index (χ0v) is 14.9. The molecule has 0 nitrogen and oxygen atoms in total. The van der Waals surface area contributed by atoms with Gasteiger partial charge < -0.3 is 0 Å². The molecule has 0 radical (unpaired) electrons. The van der Waals surface area contributed by atoms with Crippen LogP contribution in [-0.2, 0) is 0 Å². The van der Waals surface area contributed by atoms with Crippen molar-refractivity contribution in [3.63, 3.8) is 0 Å². The molecule has 0 aromatic heterocycles. The van der Waals surface area contributed by atoms with E-state index in [1.54, 1.807) is 0 Å². The highest BCUT2D eigenvalue weighted by Crippen LogP contribution is 2.64. The molecule has 0 aromatic rings. The summed E-state index contributed by atoms with van der Waals surface area (Å²) in [6, 6.07) is 0. The average molecular weight is 277 g/mol. The van der Waals surface area contributed by atoms with Crippen LogP contribution in [0.2, 0.25) is 0 Å². The van der Waals surface area contributed by atoms with Crippen molar-refractivity contribution < 1.29 is 0 Å². The molecule has 3 fully saturated rings. The lowest BCUT2D eigenvalue weighted by Crippen LogP contribution is -2.49. The van der Waals surface area contributed by atoms with Crippen molar-refractivity contribution in [1.82, 2.24) is 0 Å². The molecule has 0 bridgehead atoms. The van der Waals surface area contributed by atoms with E-state index in [4.69, 9.17) is 0 Å². The van der Waals surface area contributed by atoms with Gasteiger partial charge in [-0.15, -0.1) is 0 Å². The Bertz CT molecular complexity index is 341. The average Bonchev–Trinajstić information content (AvgIpc) is 2.59. The lowest BCUT2D eigenvalue weighted by molar-refractivity contribution is -0.0804. The monoisotopic (exact) mass is 276 g/mol. The van der Waals surface area contributed by atoms with Gasteiger partial charge in [0.05, 0.1) is 0 Å². The summed E-state index contributed by atoms with van der Waals surface area (Å²) in [7, 11) is 0. The van der Waals surface area contributed by atoms with E-state index in [-0.39, 0.29) is 0 Å². The van der Waals surface area contributed by atoms with Gasteiger partial charge in [-0.2, -0.15) is 0 Å². The van der Waals surface area contributed by atoms with Crippen molar-refractivity contribution in [1.29, 1.82) is 0 Å². The van der Waals surface area contributed by atoms with Crippen LogP contribution in [0.4, 0.5) is 0 Å². The summed E-state index contributed by atoms with van der Waals surface area (Å²) in [5.74, 6) is 6.86. The van der Waals surface area contributed by atoms with Crippen molar-refractivity contribution in [2.45, 2.75) is 74.1 Å². The Kier molecular flexibility index (Phi) is 3.35. The molecule has 0 aliphatic heterocycles. The van der Waals surface area contributed by atoms with E-state index in [0.717, 1.165) is 41.4 Å². The Hall–Kier alpha value is 0. The van der Waals surface area contributed by atoms with Gasteiger partial charge in [-0.3, -0.25) is 0 Å². The van der Waals surface area contributed by atoms with Crippen LogP contribution in [0.3, 0.4) is 0 Å². The Labute approximate surface area is 127 Å². The standard InChI is InChI=1S/C20H36/c1-12-13(2)15-10-17-18(11-16(15)14(12)3)20(6,7)9-8-19(17,4)5/h12-18H,8-11H2,1-7H3. The lowest BCUT2D eigenvalue weighted by Gasteiger charge is -2.57. The second-order valence-electron chi connectivity index (χ2n) is 10.1. The molecular formula is C20H36. The fourth-order valence-corrected chi connectivity index (χ4v) is 6.47. The van der Waals surface area contributed by atoms with Crippen molar-refractivity contribution in [2.75, 3.05) is 0 Å². The molecule has 0 saturated heterocycles. The third kappa shape index (κ3) is 2.00. The molecule has 0 spiro atoms. The fourth-order valence-electron chi connectivity index (χ4n) is 6.47. The summed E-state index contributed by atoms with van der Waals surface area (Å²) in [4.78, 5) is 0. The smallest absolute Gasteiger partial charge is 0.0323 e. The third-order valence-electron chi connectivity index (χ3n) is 8.52. The number of hydrogen-bond donors (Lipinski definition) is 0. The molecule has 0 N–H and O–H groups in total. The topological polar surface area (TPSA) is 0 Å². The maximum Gasteiger partial charge on any atom is -0.0323 e. The van der Waals surface area contributed by atoms with Crippen LogP contribution < -0.4 is 0 Å². The largest absolute Gasteiger partial charge is 0.0620 e. The van der Waals surface area contributed by atoms with Gasteiger partial charge in [0.15, 0.2) is 0 Å². The van der Waals surface area contributed by atoms with Crippen LogP contribution in [0.1, 0.15) is 74.1 Å². The third-order valence-corrected chi connectivity index (χ3v) is 8.52. The maximum atomic E-state index is 2.56. The predicted octanol–water partition coefficient (Wildman–Crippen LogP) is 6.01. The van der Waals surface area contributed by atoms with Crippen molar-refractivity contribution in [3.8, 4) is 0 Å². The van der Waals surface area contributed by atoms with Crippen LogP contribution >= 0.6 is 0 Å². The van der Waals surface area contributed by atoms with Gasteiger partial charge >= 0.3 is 0 Å². The van der Waals surface area contributed by atoms with E-state index >= 15 is 0 Å². The van der Waals surface area contributed by atoms with Crippen LogP contribution in [0, 0.1) is 52.3 Å². The van der Waals surface area contributed by atoms with Gasteiger partial charge in [-0.05, 0) is 77.9 Å². The molecule has 3 saturated carbocycles. The summed E-state index contributed by atoms with van der Waals surface area (Å²) in [6.07, 6.45) is 5.94. The first-order chi connectivity index (χ1) is 9.15. The minimum Gasteiger partial charge on any atom is -0.0620 e. The molecule has 3 aliphatic carbocycles. The number of rotatable bonds is 0. The van der Waals surface area contributed by atoms with Crippen LogP contribution in [0.25, 0.3) is 0 Å². The molecule has 6 unspecified atom stereocenters. The van der Waals surface area contributed by atoms with E-state index in [9.17, 15) is 0 Å². The molecule has 20 heavy (non-hydrogen) atoms. The predicted molar refractivity (Wildman–Crippen MR) is 87.5 cm³/mol. The molecule has 0 aromatic carbocycles. The summed E-state index contributed by atoms with van der Waals surface area (Å²) in [5, 5.41) is 0. The van der Waals surface area contributed by atoms with Crippen molar-refractivity contribution in [2.24, 2.45) is 52.3 Å². The molecule has 6 atom stereocenters. The van der Waals surface area contributed by atoms with Gasteiger partial charge in [0, 0.05) is 0 Å². The van der Waals surface area contributed by atoms with Gasteiger partial charge in [0.1, 0.15) is 0 Å². The van der Waals surface area contributed by atoms with Crippen LogP contribution in [0.15, 0.2) is 0 Å². The van der Waals surface area contributed by atoms with Gasteiger partial charge in [-0.25, -0.2) is 0 Å². The molecule has 0 amide bonds. The summed E-state index contributed by atoms with van der Waals surface area (Å²) >= 11 is 0. The first kappa shape index (κ1) is 14.9. The van der Waals surface area contributed by atoms with E-state index in [0.29, 0.717) is 10.8 Å². The van der Waals surface area contributed by atoms with Gasteiger partial charge in [-0.1, -0.05) is 48.5 Å². The molecular weight excluding hydrogens is 240 g/mol. The van der Waals surface area contributed by atoms with Crippen LogP contribution in [-0.4, -0.2) is 0 Å². The Morgan fingerprint density at radius 1 is 0.600 bits per heavy atom. The lowest BCUT2D eigenvalue weighted by atomic mass is 9.48. The molecule has 0 heterocycles. The maximum absolute atomic E-state index is 2.56. The van der Waals surface area contributed by atoms with Gasteiger partial charge in [0.2, 0.25) is 0 Å². The van der Waals surface area contributed by atoms with Crippen molar-refractivity contribution in [3.05, 3.63) is 0 Å². The number of hydrogen-bond acceptors (Lipinski definition) is 0.